The second-order valence-corrected chi connectivity index (χ2v) is 6.25. The molecule has 1 unspecified atom stereocenters. The number of hydrogen-bond acceptors (Lipinski definition) is 8. The first kappa shape index (κ1) is 13.3. The molecule has 0 amide bonds. The molecule has 3 heterocycles. The zero-order valence-corrected chi connectivity index (χ0v) is 11.5. The lowest BCUT2D eigenvalue weighted by Crippen LogP contribution is -2.41. The highest BCUT2D eigenvalue weighted by molar-refractivity contribution is 7.45. The molecule has 0 radical (unpaired) electrons. The van der Waals surface area contributed by atoms with Crippen molar-refractivity contribution in [3.05, 3.63) is 24.3 Å². The van der Waals surface area contributed by atoms with Gasteiger partial charge in [-0.3, -0.25) is 4.57 Å². The van der Waals surface area contributed by atoms with E-state index in [1.54, 1.807) is 12.1 Å². The number of aromatic nitrogens is 3. The van der Waals surface area contributed by atoms with Crippen molar-refractivity contribution in [1.82, 2.24) is 15.0 Å². The molecule has 0 aliphatic carbocycles. The van der Waals surface area contributed by atoms with Crippen LogP contribution in [0.15, 0.2) is 24.3 Å². The summed E-state index contributed by atoms with van der Waals surface area (Å²) in [5.74, 6) is 0. The Hall–Kier alpha value is -1.35. The molecule has 4 rings (SSSR count). The maximum atomic E-state index is 11.3. The molecule has 2 saturated heterocycles. The van der Waals surface area contributed by atoms with Crippen LogP contribution in [0.4, 0.5) is 0 Å². The predicted octanol–water partition coefficient (Wildman–Crippen LogP) is -0.427. The highest BCUT2D eigenvalue weighted by atomic mass is 31.2. The SMILES string of the molecule is O=P1([O-])OC[C@H]2O[C@@H](n3nnc4ccccc43)[C@H](O)[C@@H]2O1. The molecule has 9 nitrogen and oxygen atoms in total. The van der Waals surface area contributed by atoms with Gasteiger partial charge in [0.05, 0.1) is 12.1 Å². The number of phosphoric ester groups is 1. The van der Waals surface area contributed by atoms with Gasteiger partial charge in [0.15, 0.2) is 6.23 Å². The van der Waals surface area contributed by atoms with Crippen molar-refractivity contribution in [3.8, 4) is 0 Å². The van der Waals surface area contributed by atoms with Crippen molar-refractivity contribution in [2.45, 2.75) is 24.5 Å². The molecule has 1 aromatic heterocycles. The van der Waals surface area contributed by atoms with Gasteiger partial charge in [-0.25, -0.2) is 4.68 Å². The fraction of sp³-hybridized carbons (Fsp3) is 0.455. The number of ether oxygens (including phenoxy) is 1. The highest BCUT2D eigenvalue weighted by Gasteiger charge is 2.50. The molecule has 1 N–H and O–H groups in total. The number of aliphatic hydroxyl groups excluding tert-OH is 1. The second kappa shape index (κ2) is 4.57. The Morgan fingerprint density at radius 2 is 2.24 bits per heavy atom. The van der Waals surface area contributed by atoms with Gasteiger partial charge in [-0.2, -0.15) is 0 Å². The van der Waals surface area contributed by atoms with E-state index in [4.69, 9.17) is 9.26 Å². The molecule has 21 heavy (non-hydrogen) atoms. The normalized spacial score (nSPS) is 39.5. The van der Waals surface area contributed by atoms with Crippen LogP contribution in [0.3, 0.4) is 0 Å². The summed E-state index contributed by atoms with van der Waals surface area (Å²) in [7, 11) is -4.38. The van der Waals surface area contributed by atoms with Crippen molar-refractivity contribution in [3.63, 3.8) is 0 Å². The molecule has 2 aromatic rings. The first-order valence-electron chi connectivity index (χ1n) is 6.33. The lowest BCUT2D eigenvalue weighted by molar-refractivity contribution is -0.245. The van der Waals surface area contributed by atoms with Gasteiger partial charge in [0.1, 0.15) is 23.8 Å². The lowest BCUT2D eigenvalue weighted by atomic mass is 10.1. The van der Waals surface area contributed by atoms with E-state index in [2.05, 4.69) is 14.8 Å². The maximum Gasteiger partial charge on any atom is 0.268 e. The van der Waals surface area contributed by atoms with E-state index in [9.17, 15) is 14.6 Å². The first-order chi connectivity index (χ1) is 10.1. The van der Waals surface area contributed by atoms with Crippen molar-refractivity contribution in [2.24, 2.45) is 0 Å². The number of nitrogens with zero attached hydrogens (tertiary/aromatic N) is 3. The Kier molecular flexibility index (Phi) is 2.90. The molecule has 2 aliphatic heterocycles. The molecule has 2 aliphatic rings. The van der Waals surface area contributed by atoms with Crippen molar-refractivity contribution in [2.75, 3.05) is 6.61 Å². The lowest BCUT2D eigenvalue weighted by Gasteiger charge is -2.34. The molecule has 2 fully saturated rings. The number of benzene rings is 1. The van der Waals surface area contributed by atoms with Gasteiger partial charge in [0.2, 0.25) is 0 Å². The van der Waals surface area contributed by atoms with E-state index < -0.39 is 32.4 Å². The summed E-state index contributed by atoms with van der Waals surface area (Å²) < 4.78 is 27.7. The van der Waals surface area contributed by atoms with Gasteiger partial charge in [-0.05, 0) is 12.1 Å². The fourth-order valence-corrected chi connectivity index (χ4v) is 3.55. The van der Waals surface area contributed by atoms with Crippen LogP contribution in [0.2, 0.25) is 0 Å². The van der Waals surface area contributed by atoms with Gasteiger partial charge in [-0.15, -0.1) is 5.10 Å². The summed E-state index contributed by atoms with van der Waals surface area (Å²) in [5, 5.41) is 18.2. The molecule has 0 bridgehead atoms. The van der Waals surface area contributed by atoms with Gasteiger partial charge in [0.25, 0.3) is 7.82 Å². The Morgan fingerprint density at radius 3 is 3.10 bits per heavy atom. The van der Waals surface area contributed by atoms with E-state index >= 15 is 0 Å². The van der Waals surface area contributed by atoms with Gasteiger partial charge in [0, 0.05) is 0 Å². The van der Waals surface area contributed by atoms with Crippen molar-refractivity contribution >= 4 is 18.9 Å². The molecule has 0 saturated carbocycles. The minimum Gasteiger partial charge on any atom is -0.756 e. The largest absolute Gasteiger partial charge is 0.756 e. The van der Waals surface area contributed by atoms with Crippen LogP contribution in [0.25, 0.3) is 11.0 Å². The Balaban J connectivity index is 1.69. The van der Waals surface area contributed by atoms with E-state index in [0.717, 1.165) is 0 Å². The van der Waals surface area contributed by atoms with E-state index in [0.29, 0.717) is 11.0 Å². The Labute approximate surface area is 118 Å². The molecule has 1 aromatic carbocycles. The topological polar surface area (TPSA) is 119 Å². The van der Waals surface area contributed by atoms with E-state index in [1.165, 1.54) is 4.68 Å². The maximum absolute atomic E-state index is 11.3. The Morgan fingerprint density at radius 1 is 1.43 bits per heavy atom. The summed E-state index contributed by atoms with van der Waals surface area (Å²) in [5.41, 5.74) is 1.32. The zero-order valence-electron chi connectivity index (χ0n) is 10.6. The second-order valence-electron chi connectivity index (χ2n) is 4.89. The smallest absolute Gasteiger partial charge is 0.268 e. The summed E-state index contributed by atoms with van der Waals surface area (Å²) in [6.07, 6.45) is -3.75. The third kappa shape index (κ3) is 2.10. The van der Waals surface area contributed by atoms with E-state index in [-0.39, 0.29) is 6.61 Å². The number of rotatable bonds is 1. The van der Waals surface area contributed by atoms with Gasteiger partial charge >= 0.3 is 0 Å². The van der Waals surface area contributed by atoms with E-state index in [1.807, 2.05) is 12.1 Å². The molecule has 0 spiro atoms. The van der Waals surface area contributed by atoms with Crippen molar-refractivity contribution < 1.29 is 28.3 Å². The highest BCUT2D eigenvalue weighted by Crippen LogP contribution is 2.49. The standard InChI is InChI=1S/C11H12N3O6P/c15-9-10-8(5-18-21(16,17)20-10)19-11(9)14-7-4-2-1-3-6(7)12-13-14/h1-4,8-11,15H,5H2,(H,16,17)/p-1/t8-,9-,10-,11-/m1/s1. The van der Waals surface area contributed by atoms with Crippen LogP contribution in [0, 0.1) is 0 Å². The van der Waals surface area contributed by atoms with Gasteiger partial charge in [-0.1, -0.05) is 17.3 Å². The van der Waals surface area contributed by atoms with Crippen LogP contribution in [-0.2, 0) is 18.3 Å². The number of phosphoric acid groups is 1. The summed E-state index contributed by atoms with van der Waals surface area (Å²) in [4.78, 5) is 11.3. The monoisotopic (exact) mass is 312 g/mol. The Bertz CT molecular complexity index is 736. The fourth-order valence-electron chi connectivity index (χ4n) is 2.61. The molecular formula is C11H11N3O6P-. The average Bonchev–Trinajstić information content (AvgIpc) is 3.00. The third-order valence-corrected chi connectivity index (χ3v) is 4.54. The number of fused-ring (bicyclic) bond motifs is 2. The minimum absolute atomic E-state index is 0.189. The van der Waals surface area contributed by atoms with Crippen LogP contribution in [0.1, 0.15) is 6.23 Å². The molecule has 10 heteroatoms. The van der Waals surface area contributed by atoms with Crippen LogP contribution >= 0.6 is 7.82 Å². The zero-order chi connectivity index (χ0) is 14.6. The van der Waals surface area contributed by atoms with Gasteiger partial charge < -0.3 is 23.8 Å². The third-order valence-electron chi connectivity index (χ3n) is 3.58. The quantitative estimate of drug-likeness (QED) is 0.705. The average molecular weight is 312 g/mol. The first-order valence-corrected chi connectivity index (χ1v) is 7.79. The predicted molar refractivity (Wildman–Crippen MR) is 65.9 cm³/mol. The molecule has 5 atom stereocenters. The van der Waals surface area contributed by atoms with Crippen LogP contribution < -0.4 is 4.89 Å². The van der Waals surface area contributed by atoms with Crippen LogP contribution in [-0.4, -0.2) is 45.0 Å². The molecular weight excluding hydrogens is 301 g/mol. The molecule has 112 valence electrons. The summed E-state index contributed by atoms with van der Waals surface area (Å²) in [6.45, 7) is -0.189. The minimum atomic E-state index is -4.38. The van der Waals surface area contributed by atoms with Crippen molar-refractivity contribution in [1.29, 1.82) is 0 Å². The number of hydrogen-bond donors (Lipinski definition) is 1. The summed E-state index contributed by atoms with van der Waals surface area (Å²) in [6, 6.07) is 7.18. The summed E-state index contributed by atoms with van der Waals surface area (Å²) >= 11 is 0. The number of para-hydroxylation sites is 1. The van der Waals surface area contributed by atoms with Crippen LogP contribution in [0.5, 0.6) is 0 Å². The number of aliphatic hydroxyl groups is 1.